The number of rotatable bonds is 3. The zero-order valence-electron chi connectivity index (χ0n) is 14.9. The number of hydrogen-bond acceptors (Lipinski definition) is 3. The van der Waals surface area contributed by atoms with Gasteiger partial charge in [0.05, 0.1) is 5.92 Å². The van der Waals surface area contributed by atoms with E-state index in [9.17, 15) is 4.79 Å². The van der Waals surface area contributed by atoms with Crippen molar-refractivity contribution in [3.63, 3.8) is 0 Å². The molecule has 0 radical (unpaired) electrons. The molecule has 0 saturated heterocycles. The Hall–Kier alpha value is -3.08. The highest BCUT2D eigenvalue weighted by molar-refractivity contribution is 5.95. The third kappa shape index (κ3) is 2.96. The van der Waals surface area contributed by atoms with Crippen molar-refractivity contribution < 1.29 is 9.53 Å². The Morgan fingerprint density at radius 3 is 2.69 bits per heavy atom. The number of amides is 1. The maximum absolute atomic E-state index is 12.9. The maximum Gasteiger partial charge on any atom is 0.232 e. The number of aryl methyl sites for hydroxylation is 1. The minimum absolute atomic E-state index is 0.0420. The van der Waals surface area contributed by atoms with Gasteiger partial charge in [0, 0.05) is 12.6 Å². The number of para-hydroxylation sites is 1. The van der Waals surface area contributed by atoms with E-state index in [1.54, 1.807) is 0 Å². The molecule has 5 nitrogen and oxygen atoms in total. The smallest absolute Gasteiger partial charge is 0.232 e. The molecule has 1 amide bonds. The Morgan fingerprint density at radius 2 is 1.88 bits per heavy atom. The third-order valence-electron chi connectivity index (χ3n) is 4.86. The van der Waals surface area contributed by atoms with Crippen LogP contribution in [0.1, 0.15) is 11.4 Å². The second kappa shape index (κ2) is 6.67. The van der Waals surface area contributed by atoms with Crippen molar-refractivity contribution in [3.8, 4) is 17.0 Å². The van der Waals surface area contributed by atoms with Gasteiger partial charge in [0.25, 0.3) is 0 Å². The molecule has 1 atom stereocenters. The molecule has 26 heavy (non-hydrogen) atoms. The number of fused-ring (bicyclic) bond motifs is 1. The van der Waals surface area contributed by atoms with Crippen LogP contribution in [0.4, 0.5) is 5.82 Å². The number of carbonyl (C=O) groups is 1. The third-order valence-corrected chi connectivity index (χ3v) is 4.86. The molecular formula is C21H21N3O2. The average molecular weight is 347 g/mol. The Labute approximate surface area is 152 Å². The fraction of sp³-hybridized carbons (Fsp3) is 0.238. The highest BCUT2D eigenvalue weighted by Gasteiger charge is 2.27. The molecule has 0 aliphatic carbocycles. The summed E-state index contributed by atoms with van der Waals surface area (Å²) in [5.74, 6) is 2.18. The van der Waals surface area contributed by atoms with Crippen molar-refractivity contribution in [2.24, 2.45) is 13.0 Å². The van der Waals surface area contributed by atoms with Gasteiger partial charge in [-0.25, -0.2) is 4.98 Å². The van der Waals surface area contributed by atoms with Crippen molar-refractivity contribution in [3.05, 3.63) is 66.0 Å². The fourth-order valence-electron chi connectivity index (χ4n) is 3.27. The molecule has 0 bridgehead atoms. The summed E-state index contributed by atoms with van der Waals surface area (Å²) < 4.78 is 7.68. The Morgan fingerprint density at radius 1 is 1.15 bits per heavy atom. The van der Waals surface area contributed by atoms with Gasteiger partial charge in [0.2, 0.25) is 5.91 Å². The number of benzene rings is 2. The number of aromatic nitrogens is 2. The first-order chi connectivity index (χ1) is 12.6. The lowest BCUT2D eigenvalue weighted by molar-refractivity contribution is -0.121. The Kier molecular flexibility index (Phi) is 4.21. The van der Waals surface area contributed by atoms with Gasteiger partial charge in [-0.1, -0.05) is 48.5 Å². The summed E-state index contributed by atoms with van der Waals surface area (Å²) >= 11 is 0. The van der Waals surface area contributed by atoms with Gasteiger partial charge in [-0.05, 0) is 25.0 Å². The molecule has 0 saturated carbocycles. The second-order valence-corrected chi connectivity index (χ2v) is 6.59. The summed E-state index contributed by atoms with van der Waals surface area (Å²) in [5, 5.41) is 3.08. The van der Waals surface area contributed by atoms with E-state index < -0.39 is 0 Å². The van der Waals surface area contributed by atoms with Crippen LogP contribution < -0.4 is 10.1 Å². The van der Waals surface area contributed by atoms with Crippen LogP contribution in [0.25, 0.3) is 11.3 Å². The highest BCUT2D eigenvalue weighted by atomic mass is 16.5. The summed E-state index contributed by atoms with van der Waals surface area (Å²) in [6, 6.07) is 17.8. The van der Waals surface area contributed by atoms with Crippen LogP contribution >= 0.6 is 0 Å². The molecular weight excluding hydrogens is 326 g/mol. The van der Waals surface area contributed by atoms with E-state index in [-0.39, 0.29) is 11.8 Å². The lowest BCUT2D eigenvalue weighted by atomic mass is 9.96. The summed E-state index contributed by atoms with van der Waals surface area (Å²) in [6.07, 6.45) is 0.680. The monoisotopic (exact) mass is 347 g/mol. The van der Waals surface area contributed by atoms with Crippen LogP contribution in [0.5, 0.6) is 5.75 Å². The van der Waals surface area contributed by atoms with Crippen LogP contribution in [0.2, 0.25) is 0 Å². The molecule has 1 aliphatic heterocycles. The van der Waals surface area contributed by atoms with Crippen molar-refractivity contribution in [2.75, 3.05) is 11.9 Å². The minimum atomic E-state index is -0.219. The maximum atomic E-state index is 12.9. The quantitative estimate of drug-likeness (QED) is 0.788. The van der Waals surface area contributed by atoms with Crippen LogP contribution in [0.15, 0.2) is 54.6 Å². The molecule has 0 fully saturated rings. The van der Waals surface area contributed by atoms with E-state index >= 15 is 0 Å². The van der Waals surface area contributed by atoms with Crippen molar-refractivity contribution in [1.29, 1.82) is 0 Å². The lowest BCUT2D eigenvalue weighted by Gasteiger charge is -2.24. The Balaban J connectivity index is 1.59. The van der Waals surface area contributed by atoms with Gasteiger partial charge >= 0.3 is 0 Å². The van der Waals surface area contributed by atoms with Crippen LogP contribution in [-0.2, 0) is 18.3 Å². The average Bonchev–Trinajstić information content (AvgIpc) is 2.96. The number of hydrogen-bond donors (Lipinski definition) is 1. The summed E-state index contributed by atoms with van der Waals surface area (Å²) in [5.41, 5.74) is 2.84. The molecule has 2 aromatic carbocycles. The first kappa shape index (κ1) is 16.4. The SMILES string of the molecule is Cc1nc(-c2ccccc2)c(NC(=O)C2COc3ccccc3C2)n1C. The van der Waals surface area contributed by atoms with Crippen molar-refractivity contribution >= 4 is 11.7 Å². The van der Waals surface area contributed by atoms with Crippen molar-refractivity contribution in [2.45, 2.75) is 13.3 Å². The Bertz CT molecular complexity index is 947. The van der Waals surface area contributed by atoms with E-state index in [4.69, 9.17) is 4.74 Å². The van der Waals surface area contributed by atoms with E-state index in [2.05, 4.69) is 10.3 Å². The zero-order valence-corrected chi connectivity index (χ0v) is 14.9. The predicted octanol–water partition coefficient (Wildman–Crippen LogP) is 3.59. The van der Waals surface area contributed by atoms with E-state index in [0.29, 0.717) is 13.0 Å². The number of nitrogens with zero attached hydrogens (tertiary/aromatic N) is 2. The molecule has 2 heterocycles. The van der Waals surface area contributed by atoms with Crippen LogP contribution in [0.3, 0.4) is 0 Å². The van der Waals surface area contributed by atoms with Crippen molar-refractivity contribution in [1.82, 2.24) is 9.55 Å². The molecule has 4 rings (SSSR count). The van der Waals surface area contributed by atoms with Gasteiger partial charge in [0.1, 0.15) is 29.7 Å². The van der Waals surface area contributed by atoms with Crippen LogP contribution in [0, 0.1) is 12.8 Å². The first-order valence-electron chi connectivity index (χ1n) is 8.74. The fourth-order valence-corrected chi connectivity index (χ4v) is 3.27. The van der Waals surface area contributed by atoms with E-state index in [1.165, 1.54) is 0 Å². The molecule has 1 aromatic heterocycles. The lowest BCUT2D eigenvalue weighted by Crippen LogP contribution is -2.33. The standard InChI is InChI=1S/C21H21N3O2/c1-14-22-19(15-8-4-3-5-9-15)20(24(14)2)23-21(25)17-12-16-10-6-7-11-18(16)26-13-17/h3-11,17H,12-13H2,1-2H3,(H,23,25). The van der Waals surface area contributed by atoms with E-state index in [1.807, 2.05) is 73.1 Å². The molecule has 1 unspecified atom stereocenters. The molecule has 1 aliphatic rings. The van der Waals surface area contributed by atoms with Gasteiger partial charge in [-0.3, -0.25) is 4.79 Å². The predicted molar refractivity (Wildman–Crippen MR) is 101 cm³/mol. The number of anilines is 1. The summed E-state index contributed by atoms with van der Waals surface area (Å²) in [6.45, 7) is 2.32. The number of ether oxygens (including phenoxy) is 1. The summed E-state index contributed by atoms with van der Waals surface area (Å²) in [4.78, 5) is 17.5. The largest absolute Gasteiger partial charge is 0.492 e. The highest BCUT2D eigenvalue weighted by Crippen LogP contribution is 2.30. The normalized spacial score (nSPS) is 15.8. The van der Waals surface area contributed by atoms with Gasteiger partial charge in [-0.15, -0.1) is 0 Å². The molecule has 0 spiro atoms. The number of carbonyl (C=O) groups excluding carboxylic acids is 1. The second-order valence-electron chi connectivity index (χ2n) is 6.59. The van der Waals surface area contributed by atoms with E-state index in [0.717, 1.165) is 34.2 Å². The topological polar surface area (TPSA) is 56.1 Å². The van der Waals surface area contributed by atoms with Gasteiger partial charge in [-0.2, -0.15) is 0 Å². The minimum Gasteiger partial charge on any atom is -0.492 e. The van der Waals surface area contributed by atoms with Gasteiger partial charge < -0.3 is 14.6 Å². The molecule has 3 aromatic rings. The molecule has 5 heteroatoms. The summed E-state index contributed by atoms with van der Waals surface area (Å²) in [7, 11) is 1.91. The number of nitrogens with one attached hydrogen (secondary N) is 1. The molecule has 1 N–H and O–H groups in total. The number of imidazole rings is 1. The van der Waals surface area contributed by atoms with Crippen LogP contribution in [-0.4, -0.2) is 22.1 Å². The van der Waals surface area contributed by atoms with Gasteiger partial charge in [0.15, 0.2) is 0 Å². The molecule has 132 valence electrons. The zero-order chi connectivity index (χ0) is 18.1. The first-order valence-corrected chi connectivity index (χ1v) is 8.74.